The van der Waals surface area contributed by atoms with E-state index in [0.29, 0.717) is 0 Å². The molecule has 10 aliphatic rings. The van der Waals surface area contributed by atoms with Crippen LogP contribution in [0.15, 0.2) is 0 Å². The maximum absolute atomic E-state index is 13.3. The third-order valence-corrected chi connectivity index (χ3v) is 23.1. The predicted octanol–water partition coefficient (Wildman–Crippen LogP) is -21.4. The van der Waals surface area contributed by atoms with Gasteiger partial charge in [0.2, 0.25) is 23.6 Å². The summed E-state index contributed by atoms with van der Waals surface area (Å²) in [7, 11) is -5.85. The number of aliphatic hydroxyl groups is 26. The van der Waals surface area contributed by atoms with Crippen LogP contribution in [-0.4, -0.2) is 536 Å². The highest BCUT2D eigenvalue weighted by molar-refractivity contribution is 7.80. The van der Waals surface area contributed by atoms with Gasteiger partial charge in [0.05, 0.1) is 65.6 Å². The Bertz CT molecular complexity index is 3570. The van der Waals surface area contributed by atoms with Crippen molar-refractivity contribution < 1.29 is 259 Å². The average molecular weight is 1870 g/mol. The van der Waals surface area contributed by atoms with Crippen molar-refractivity contribution in [2.75, 3.05) is 59.5 Å². The molecule has 0 aromatic rings. The smallest absolute Gasteiger partial charge is 0.394 e. The zero-order valence-electron chi connectivity index (χ0n) is 67.3. The van der Waals surface area contributed by atoms with Gasteiger partial charge in [-0.25, -0.2) is 4.18 Å². The first-order valence-electron chi connectivity index (χ1n) is 39.7. The van der Waals surface area contributed by atoms with E-state index in [2.05, 4.69) is 21.3 Å². The fourth-order valence-electron chi connectivity index (χ4n) is 16.0. The fraction of sp³-hybridized carbons (Fsp3) is 0.941. The third kappa shape index (κ3) is 23.5. The zero-order chi connectivity index (χ0) is 93.0. The largest absolute Gasteiger partial charge is 0.397 e. The van der Waals surface area contributed by atoms with Crippen molar-refractivity contribution in [1.82, 2.24) is 21.3 Å². The molecule has 57 nitrogen and oxygen atoms in total. The molecule has 10 fully saturated rings. The molecule has 0 aromatic heterocycles. The van der Waals surface area contributed by atoms with E-state index in [9.17, 15) is 165 Å². The standard InChI is InChI=1S/C68H114N4O53S/c1-15-33(84)42(93)47(98)63(108-15)106-14-28-52(40(91)29(59(102)109-28)69-16(2)80)118-60-30(70-17(3)81)41(92)51(25(11-78)115-60)119-66-50(101)56(122-68-58(46(97)37(88)23(9-76)114-68)124-62-32(72-19(5)83)55(125-126(103,104)105)53(26(12-79)116-62)120-64-48(99)43(94)34(85)20(6-73)111-64)39(90)27(117-66)13-107-67-57(45(96)36(87)22(8-75)113-67)123-61-31(71-18(4)82)54(38(89)24(10-77)110-61)121-65-49(100)44(95)35(86)21(7-74)112-65/h15,20-68,73-79,84-102H,6-14H2,1-5H3,(H,69,80)(H,70,81)(H,71,82)(H,72,83)(H,103,104,105)/t15-,20+,21+,22+,23+,24+,25+,26+,27+,28+,29+,30+,31+,32-,33+,34-,35-,36+,37+,38+,39+,40+,41+,42+,43-,44-,45-,46-,47-,48+,49+,50-,51+,52+,53+,54+,55+,56-,57-,58-,59+,60-,61-,62-,63+,64-,65-,66-,67-,68+/m0/s1. The Balaban J connectivity index is 1.01. The van der Waals surface area contributed by atoms with Crippen molar-refractivity contribution in [3.63, 3.8) is 0 Å². The third-order valence-electron chi connectivity index (χ3n) is 22.6. The highest BCUT2D eigenvalue weighted by atomic mass is 32.3. The van der Waals surface area contributed by atoms with Crippen LogP contribution in [0, 0.1) is 0 Å². The van der Waals surface area contributed by atoms with Crippen molar-refractivity contribution in [2.24, 2.45) is 0 Å². The average Bonchev–Trinajstić information content (AvgIpc) is 0.765. The maximum atomic E-state index is 13.3. The Labute approximate surface area is 713 Å². The first kappa shape index (κ1) is 104. The van der Waals surface area contributed by atoms with Crippen LogP contribution in [0.1, 0.15) is 34.6 Å². The van der Waals surface area contributed by atoms with E-state index < -0.39 is 400 Å². The maximum Gasteiger partial charge on any atom is 0.397 e. The van der Waals surface area contributed by atoms with Crippen LogP contribution in [0.4, 0.5) is 0 Å². The van der Waals surface area contributed by atoms with E-state index in [-0.39, 0.29) is 0 Å². The van der Waals surface area contributed by atoms with Crippen molar-refractivity contribution in [1.29, 1.82) is 0 Å². The Hall–Kier alpha value is -4.05. The number of nitrogens with one attached hydrogen (secondary N) is 4. The van der Waals surface area contributed by atoms with Crippen molar-refractivity contribution in [3.05, 3.63) is 0 Å². The van der Waals surface area contributed by atoms with Crippen LogP contribution in [-0.2, 0) is 124 Å². The van der Waals surface area contributed by atoms with Gasteiger partial charge in [0.15, 0.2) is 62.9 Å². The number of aliphatic hydroxyl groups excluding tert-OH is 26. The lowest BCUT2D eigenvalue weighted by Crippen LogP contribution is -2.71. The lowest BCUT2D eigenvalue weighted by atomic mass is 9.93. The Morgan fingerprint density at radius 3 is 1.06 bits per heavy atom. The van der Waals surface area contributed by atoms with Crippen molar-refractivity contribution >= 4 is 34.0 Å². The van der Waals surface area contributed by atoms with Crippen LogP contribution < -0.4 is 21.3 Å². The minimum absolute atomic E-state index is 0.794. The van der Waals surface area contributed by atoms with Gasteiger partial charge in [0.1, 0.15) is 238 Å². The monoisotopic (exact) mass is 1870 g/mol. The number of hydrogen-bond donors (Lipinski definition) is 31. The predicted molar refractivity (Wildman–Crippen MR) is 385 cm³/mol. The molecule has 126 heavy (non-hydrogen) atoms. The number of amides is 4. The number of ether oxygens (including phenoxy) is 19. The molecule has 58 heteroatoms. The molecular weight excluding hydrogens is 1750 g/mol. The molecule has 0 unspecified atom stereocenters. The van der Waals surface area contributed by atoms with Gasteiger partial charge >= 0.3 is 10.4 Å². The second-order valence-electron chi connectivity index (χ2n) is 31.5. The molecule has 10 rings (SSSR count). The van der Waals surface area contributed by atoms with Gasteiger partial charge in [-0.3, -0.25) is 23.7 Å². The highest BCUT2D eigenvalue weighted by Gasteiger charge is 2.62. The Kier molecular flexibility index (Phi) is 37.0. The first-order chi connectivity index (χ1) is 59.3. The van der Waals surface area contributed by atoms with Gasteiger partial charge in [-0.05, 0) is 6.92 Å². The van der Waals surface area contributed by atoms with Gasteiger partial charge in [-0.15, -0.1) is 0 Å². The topological polar surface area (TPSA) is 881 Å². The van der Waals surface area contributed by atoms with Gasteiger partial charge < -0.3 is 244 Å². The van der Waals surface area contributed by atoms with Gasteiger partial charge in [0.25, 0.3) is 0 Å². The summed E-state index contributed by atoms with van der Waals surface area (Å²) in [5.74, 6) is -4.03. The van der Waals surface area contributed by atoms with E-state index in [0.717, 1.165) is 27.7 Å². The second-order valence-corrected chi connectivity index (χ2v) is 32.5. The summed E-state index contributed by atoms with van der Waals surface area (Å²) in [6, 6.07) is -8.12. The summed E-state index contributed by atoms with van der Waals surface area (Å²) in [6.07, 6.45) is -99.6. The van der Waals surface area contributed by atoms with Crippen molar-refractivity contribution in [2.45, 2.75) is 341 Å². The summed E-state index contributed by atoms with van der Waals surface area (Å²) in [5, 5.41) is 299. The minimum atomic E-state index is -5.85. The quantitative estimate of drug-likeness (QED) is 0.0271. The molecule has 10 heterocycles. The first-order valence-corrected chi connectivity index (χ1v) is 41.0. The fourth-order valence-corrected chi connectivity index (χ4v) is 16.5. The van der Waals surface area contributed by atoms with Crippen molar-refractivity contribution in [3.8, 4) is 0 Å². The highest BCUT2D eigenvalue weighted by Crippen LogP contribution is 2.41. The Morgan fingerprint density at radius 1 is 0.262 bits per heavy atom. The van der Waals surface area contributed by atoms with Crippen LogP contribution >= 0.6 is 0 Å². The van der Waals surface area contributed by atoms with E-state index in [4.69, 9.17) is 94.2 Å². The van der Waals surface area contributed by atoms with E-state index in [1.54, 1.807) is 0 Å². The van der Waals surface area contributed by atoms with E-state index >= 15 is 0 Å². The number of hydrogen-bond acceptors (Lipinski definition) is 52. The van der Waals surface area contributed by atoms with Crippen LogP contribution in [0.25, 0.3) is 0 Å². The molecule has 10 saturated heterocycles. The summed E-state index contributed by atoms with van der Waals surface area (Å²) >= 11 is 0. The SMILES string of the molecule is CC(=O)N[C@@H]1[C@H](O[C@@H]2[C@@H](O[C@@H]3[C@H](O)[C@H](O[C@H]4[C@H](O)[C@@H](NC(C)=O)[C@H](O[C@H]5[C@H](O)[C@@H](NC(C)=O)[C@H](O)O[C@@H]5CO[C@@H]5O[C@@H](C)[C@@H](O)[C@@H](O)[C@@H]5O)O[C@@H]4CO)O[C@H](CO[C@H]4O[C@H](CO)[C@@H](O)[C@H](O)[C@@H]4O[C@@H]4O[C@H](CO)[C@@H](O)[C@H](O[C@@H]5O[C@H](CO)[C@H](O)[C@H](O)[C@H]5O)[C@H]4NC(C)=O)[C@H]3O)O[C@H](CO)[C@@H](O)[C@@H]2O)O[C@H](CO)[C@@H](O[C@@H]2O[C@H](CO)[C@H](O)[C@H](O)[C@H]2O)[C@@H]1OS(=O)(=O)O. The van der Waals surface area contributed by atoms with E-state index in [1.807, 2.05) is 0 Å². The molecule has 730 valence electrons. The molecule has 0 spiro atoms. The molecular formula is C68H114N4O53S. The summed E-state index contributed by atoms with van der Waals surface area (Å²) < 4.78 is 154. The molecule has 0 bridgehead atoms. The zero-order valence-corrected chi connectivity index (χ0v) is 68.1. The molecule has 0 saturated carbocycles. The van der Waals surface area contributed by atoms with Crippen LogP contribution in [0.2, 0.25) is 0 Å². The second kappa shape index (κ2) is 44.9. The molecule has 10 aliphatic heterocycles. The molecule has 4 amide bonds. The van der Waals surface area contributed by atoms with Gasteiger partial charge in [-0.2, -0.15) is 8.42 Å². The molecule has 0 aromatic carbocycles. The molecule has 0 aliphatic carbocycles. The van der Waals surface area contributed by atoms with Gasteiger partial charge in [0, 0.05) is 27.7 Å². The van der Waals surface area contributed by atoms with Crippen LogP contribution in [0.3, 0.4) is 0 Å². The Morgan fingerprint density at radius 2 is 0.571 bits per heavy atom. The lowest BCUT2D eigenvalue weighted by molar-refractivity contribution is -0.398. The number of rotatable bonds is 33. The normalized spacial score (nSPS) is 48.6. The van der Waals surface area contributed by atoms with Crippen LogP contribution in [0.5, 0.6) is 0 Å². The van der Waals surface area contributed by atoms with E-state index in [1.165, 1.54) is 6.92 Å². The molecule has 31 N–H and O–H groups in total. The molecule has 50 atom stereocenters. The summed E-state index contributed by atoms with van der Waals surface area (Å²) in [6.45, 7) is -5.68. The number of carbonyl (C=O) groups excluding carboxylic acids is 4. The van der Waals surface area contributed by atoms with Gasteiger partial charge in [-0.1, -0.05) is 0 Å². The number of carbonyl (C=O) groups is 4. The summed E-state index contributed by atoms with van der Waals surface area (Å²) in [4.78, 5) is 52.1. The summed E-state index contributed by atoms with van der Waals surface area (Å²) in [5.41, 5.74) is 0. The molecule has 0 radical (unpaired) electrons. The minimum Gasteiger partial charge on any atom is -0.394 e. The lowest BCUT2D eigenvalue weighted by Gasteiger charge is -2.51.